The third kappa shape index (κ3) is 13.8. The molecule has 2 heterocycles. The zero-order valence-corrected chi connectivity index (χ0v) is 28.5. The molecular weight excluding hydrogens is 604 g/mol. The van der Waals surface area contributed by atoms with Crippen LogP contribution in [-0.4, -0.2) is 82.2 Å². The van der Waals surface area contributed by atoms with E-state index in [1.807, 2.05) is 30.0 Å². The predicted octanol–water partition coefficient (Wildman–Crippen LogP) is 4.30. The number of rotatable bonds is 23. The van der Waals surface area contributed by atoms with E-state index in [2.05, 4.69) is 28.2 Å². The zero-order chi connectivity index (χ0) is 33.1. The summed E-state index contributed by atoms with van der Waals surface area (Å²) in [5.41, 5.74) is 0. The van der Waals surface area contributed by atoms with Crippen LogP contribution in [0.2, 0.25) is 0 Å². The van der Waals surface area contributed by atoms with Crippen molar-refractivity contribution in [3.63, 3.8) is 0 Å². The molecule has 4 amide bonds. The van der Waals surface area contributed by atoms with Crippen LogP contribution in [0.15, 0.2) is 24.3 Å². The highest BCUT2D eigenvalue weighted by molar-refractivity contribution is 8.00. The Balaban J connectivity index is 1.13. The Kier molecular flexibility index (Phi) is 17.8. The number of carbonyl (C=O) groups excluding carboxylic acids is 4. The third-order valence-corrected chi connectivity index (χ3v) is 10.8. The van der Waals surface area contributed by atoms with Gasteiger partial charge in [0.15, 0.2) is 0 Å². The molecule has 0 radical (unpaired) electrons. The minimum Gasteiger partial charge on any atom is -0.392 e. The van der Waals surface area contributed by atoms with Gasteiger partial charge in [-0.2, -0.15) is 11.8 Å². The van der Waals surface area contributed by atoms with Crippen molar-refractivity contribution in [2.75, 3.05) is 18.8 Å². The van der Waals surface area contributed by atoms with Gasteiger partial charge in [-0.3, -0.25) is 14.4 Å². The Hall–Kier alpha value is -2.37. The van der Waals surface area contributed by atoms with Gasteiger partial charge in [-0.15, -0.1) is 0 Å². The molecule has 0 aromatic rings. The second-order valence-electron chi connectivity index (χ2n) is 13.1. The molecule has 11 heteroatoms. The number of ketones is 1. The molecule has 3 fully saturated rings. The first-order valence-electron chi connectivity index (χ1n) is 17.7. The molecule has 3 aliphatic rings. The van der Waals surface area contributed by atoms with E-state index in [9.17, 15) is 29.4 Å². The van der Waals surface area contributed by atoms with Crippen molar-refractivity contribution in [2.24, 2.45) is 11.8 Å². The maximum atomic E-state index is 12.4. The number of aliphatic hydroxyl groups is 2. The molecule has 7 atom stereocenters. The molecular formula is C35H58N4O6S. The van der Waals surface area contributed by atoms with Crippen molar-refractivity contribution in [3.05, 3.63) is 24.3 Å². The van der Waals surface area contributed by atoms with E-state index in [-0.39, 0.29) is 54.0 Å². The lowest BCUT2D eigenvalue weighted by Crippen LogP contribution is -2.36. The summed E-state index contributed by atoms with van der Waals surface area (Å²) >= 11 is 1.90. The maximum Gasteiger partial charge on any atom is 0.315 e. The number of urea groups is 1. The number of hydrogen-bond donors (Lipinski definition) is 6. The first-order valence-corrected chi connectivity index (χ1v) is 18.8. The molecule has 2 saturated heterocycles. The van der Waals surface area contributed by atoms with Gasteiger partial charge in [-0.25, -0.2) is 4.79 Å². The van der Waals surface area contributed by atoms with Crippen LogP contribution < -0.4 is 21.3 Å². The minimum absolute atomic E-state index is 0.0385. The lowest BCUT2D eigenvalue weighted by Gasteiger charge is -2.16. The molecule has 6 unspecified atom stereocenters. The third-order valence-electron chi connectivity index (χ3n) is 9.30. The fraction of sp³-hybridized carbons (Fsp3) is 0.771. The van der Waals surface area contributed by atoms with Gasteiger partial charge in [0.25, 0.3) is 0 Å². The standard InChI is InChI=1S/C35H58N4O6S/c1-2-3-7-14-25(40)19-20-27-26(29(41)23-30(27)42)15-8-4-5-9-17-32(43)36-21-12-6-13-22-37-33(44)18-11-10-16-31-34-28(24-46-31)38-35(45)39-34/h4,8,19-20,25-28,30-31,34,40,42H,2-3,5-7,9-18,21-24H2,1H3,(H,36,43)(H,37,44)(H2,38,39,45)/b8-4-,20-19+/t25?,26?,27-,28?,30?,31?,34?/m1/s1. The van der Waals surface area contributed by atoms with Crippen molar-refractivity contribution in [2.45, 2.75) is 139 Å². The molecule has 6 N–H and O–H groups in total. The monoisotopic (exact) mass is 662 g/mol. The quantitative estimate of drug-likeness (QED) is 0.0541. The average Bonchev–Trinajstić information content (AvgIpc) is 3.66. The van der Waals surface area contributed by atoms with Gasteiger partial charge in [-0.05, 0) is 57.8 Å². The summed E-state index contributed by atoms with van der Waals surface area (Å²) in [5.74, 6) is 0.628. The van der Waals surface area contributed by atoms with E-state index < -0.39 is 12.2 Å². The molecule has 1 saturated carbocycles. The van der Waals surface area contributed by atoms with Crippen molar-refractivity contribution in [1.82, 2.24) is 21.3 Å². The van der Waals surface area contributed by atoms with E-state index in [4.69, 9.17) is 0 Å². The predicted molar refractivity (Wildman–Crippen MR) is 183 cm³/mol. The largest absolute Gasteiger partial charge is 0.392 e. The summed E-state index contributed by atoms with van der Waals surface area (Å²) < 4.78 is 0. The molecule has 2 aliphatic heterocycles. The molecule has 10 nitrogen and oxygen atoms in total. The van der Waals surface area contributed by atoms with E-state index in [0.29, 0.717) is 44.0 Å². The Labute approximate surface area is 279 Å². The highest BCUT2D eigenvalue weighted by Crippen LogP contribution is 2.34. The Morgan fingerprint density at radius 2 is 1.70 bits per heavy atom. The summed E-state index contributed by atoms with van der Waals surface area (Å²) in [6.07, 6.45) is 18.9. The van der Waals surface area contributed by atoms with Gasteiger partial charge in [0.1, 0.15) is 5.78 Å². The van der Waals surface area contributed by atoms with E-state index in [1.165, 1.54) is 0 Å². The van der Waals surface area contributed by atoms with Crippen molar-refractivity contribution in [3.8, 4) is 0 Å². The number of amides is 4. The second-order valence-corrected chi connectivity index (χ2v) is 14.4. The molecule has 46 heavy (non-hydrogen) atoms. The van der Waals surface area contributed by atoms with Gasteiger partial charge < -0.3 is 31.5 Å². The average molecular weight is 663 g/mol. The van der Waals surface area contributed by atoms with Crippen molar-refractivity contribution < 1.29 is 29.4 Å². The number of hydrogen-bond acceptors (Lipinski definition) is 7. The Morgan fingerprint density at radius 3 is 2.43 bits per heavy atom. The fourth-order valence-corrected chi connectivity index (χ4v) is 8.10. The lowest BCUT2D eigenvalue weighted by atomic mass is 9.90. The molecule has 0 spiro atoms. The number of carbonyl (C=O) groups is 4. The number of thioether (sulfide) groups is 1. The maximum absolute atomic E-state index is 12.4. The second kappa shape index (κ2) is 21.5. The number of unbranched alkanes of at least 4 members (excludes halogenated alkanes) is 6. The number of aliphatic hydroxyl groups excluding tert-OH is 2. The molecule has 3 rings (SSSR count). The normalized spacial score (nSPS) is 26.4. The number of fused-ring (bicyclic) bond motifs is 1. The highest BCUT2D eigenvalue weighted by atomic mass is 32.2. The Bertz CT molecular complexity index is 1020. The number of nitrogens with one attached hydrogen (secondary N) is 4. The van der Waals surface area contributed by atoms with E-state index >= 15 is 0 Å². The molecule has 0 aromatic carbocycles. The van der Waals surface area contributed by atoms with Crippen LogP contribution >= 0.6 is 11.8 Å². The molecule has 0 aromatic heterocycles. The number of Topliss-reactive ketones (excluding diaryl/α,β-unsaturated/α-hetero) is 1. The topological polar surface area (TPSA) is 157 Å². The first-order chi connectivity index (χ1) is 22.3. The zero-order valence-electron chi connectivity index (χ0n) is 27.7. The Morgan fingerprint density at radius 1 is 0.957 bits per heavy atom. The van der Waals surface area contributed by atoms with Gasteiger partial charge >= 0.3 is 6.03 Å². The molecule has 0 bridgehead atoms. The van der Waals surface area contributed by atoms with Gasteiger partial charge in [0, 0.05) is 55.2 Å². The smallest absolute Gasteiger partial charge is 0.315 e. The van der Waals surface area contributed by atoms with E-state index in [1.54, 1.807) is 6.08 Å². The van der Waals surface area contributed by atoms with Crippen molar-refractivity contribution >= 4 is 35.4 Å². The summed E-state index contributed by atoms with van der Waals surface area (Å²) in [5, 5.41) is 32.9. The van der Waals surface area contributed by atoms with Gasteiger partial charge in [0.05, 0.1) is 24.3 Å². The summed E-state index contributed by atoms with van der Waals surface area (Å²) in [4.78, 5) is 48.2. The summed E-state index contributed by atoms with van der Waals surface area (Å²) in [6, 6.07) is 0.407. The van der Waals surface area contributed by atoms with Crippen LogP contribution in [-0.2, 0) is 14.4 Å². The van der Waals surface area contributed by atoms with E-state index in [0.717, 1.165) is 76.4 Å². The van der Waals surface area contributed by atoms with Crippen LogP contribution in [0.4, 0.5) is 4.79 Å². The van der Waals surface area contributed by atoms with Crippen LogP contribution in [0.5, 0.6) is 0 Å². The summed E-state index contributed by atoms with van der Waals surface area (Å²) in [7, 11) is 0. The fourth-order valence-electron chi connectivity index (χ4n) is 6.56. The minimum atomic E-state index is -0.694. The van der Waals surface area contributed by atoms with Gasteiger partial charge in [0.2, 0.25) is 11.8 Å². The highest BCUT2D eigenvalue weighted by Gasteiger charge is 2.42. The molecule has 260 valence electrons. The summed E-state index contributed by atoms with van der Waals surface area (Å²) in [6.45, 7) is 3.41. The van der Waals surface area contributed by atoms with Crippen LogP contribution in [0.1, 0.15) is 110 Å². The van der Waals surface area contributed by atoms with Crippen LogP contribution in [0.3, 0.4) is 0 Å². The number of allylic oxidation sites excluding steroid dienone is 2. The van der Waals surface area contributed by atoms with Crippen LogP contribution in [0.25, 0.3) is 0 Å². The van der Waals surface area contributed by atoms with Crippen molar-refractivity contribution in [1.29, 1.82) is 0 Å². The van der Waals surface area contributed by atoms with Gasteiger partial charge in [-0.1, -0.05) is 56.9 Å². The lowest BCUT2D eigenvalue weighted by molar-refractivity contribution is -0.122. The first kappa shape index (κ1) is 38.1. The molecule has 1 aliphatic carbocycles. The SMILES string of the molecule is CCCCCC(O)/C=C/[C@H]1C(O)CC(=O)C1C/C=C\CCCC(=O)NCCCCCNC(=O)CCCCC1SCC2NC(=O)NC21. The van der Waals surface area contributed by atoms with Crippen LogP contribution in [0, 0.1) is 11.8 Å².